The third kappa shape index (κ3) is 7.34. The predicted octanol–water partition coefficient (Wildman–Crippen LogP) is 2.10. The summed E-state index contributed by atoms with van der Waals surface area (Å²) in [5, 5.41) is 8.07. The molecule has 0 aliphatic heterocycles. The van der Waals surface area contributed by atoms with Gasteiger partial charge in [0.05, 0.1) is 30.3 Å². The number of para-hydroxylation sites is 1. The smallest absolute Gasteiger partial charge is 0.243 e. The van der Waals surface area contributed by atoms with Crippen LogP contribution < -0.4 is 16.0 Å². The molecule has 2 aromatic carbocycles. The average molecular weight is 407 g/mol. The Balaban J connectivity index is 1.70. The van der Waals surface area contributed by atoms with Crippen molar-refractivity contribution in [1.29, 1.82) is 0 Å². The Labute approximate surface area is 166 Å². The Morgan fingerprint density at radius 3 is 2.25 bits per heavy atom. The van der Waals surface area contributed by atoms with E-state index in [0.29, 0.717) is 16.4 Å². The highest BCUT2D eigenvalue weighted by molar-refractivity contribution is 6.33. The van der Waals surface area contributed by atoms with E-state index in [0.717, 1.165) is 0 Å². The third-order valence-electron chi connectivity index (χ3n) is 3.55. The zero-order valence-corrected chi connectivity index (χ0v) is 15.9. The monoisotopic (exact) mass is 406 g/mol. The molecule has 148 valence electrons. The molecule has 0 bridgehead atoms. The molecular formula is C19H20ClFN4O3. The van der Waals surface area contributed by atoms with Crippen LogP contribution in [0.2, 0.25) is 5.02 Å². The van der Waals surface area contributed by atoms with E-state index in [9.17, 15) is 18.8 Å². The first-order chi connectivity index (χ1) is 13.3. The number of likely N-dealkylation sites (N-methyl/N-ethyl adjacent to an activating group) is 1. The zero-order chi connectivity index (χ0) is 20.5. The number of amides is 3. The molecule has 0 aromatic heterocycles. The summed E-state index contributed by atoms with van der Waals surface area (Å²) >= 11 is 5.98. The standard InChI is InChI=1S/C19H20ClFN4O3/c1-25(12-19(28)24-16-5-3-2-4-15(16)20)11-18(27)22-10-17(26)23-14-8-6-13(21)7-9-14/h2-9H,10-12H2,1H3,(H,22,27)(H,23,26)(H,24,28). The van der Waals surface area contributed by atoms with Crippen molar-refractivity contribution >= 4 is 40.7 Å². The third-order valence-corrected chi connectivity index (χ3v) is 3.88. The Morgan fingerprint density at radius 2 is 1.57 bits per heavy atom. The molecule has 7 nitrogen and oxygen atoms in total. The van der Waals surface area contributed by atoms with Gasteiger partial charge in [-0.2, -0.15) is 0 Å². The lowest BCUT2D eigenvalue weighted by atomic mass is 10.3. The minimum absolute atomic E-state index is 0.0274. The minimum atomic E-state index is -0.445. The first-order valence-electron chi connectivity index (χ1n) is 8.38. The van der Waals surface area contributed by atoms with Crippen LogP contribution in [0, 0.1) is 5.82 Å². The molecule has 2 rings (SSSR count). The van der Waals surface area contributed by atoms with Crippen molar-refractivity contribution in [2.75, 3.05) is 37.3 Å². The number of carbonyl (C=O) groups is 3. The van der Waals surface area contributed by atoms with Gasteiger partial charge in [0.25, 0.3) is 0 Å². The van der Waals surface area contributed by atoms with Gasteiger partial charge in [-0.25, -0.2) is 4.39 Å². The summed E-state index contributed by atoms with van der Waals surface area (Å²) in [7, 11) is 1.60. The van der Waals surface area contributed by atoms with Crippen LogP contribution in [0.5, 0.6) is 0 Å². The van der Waals surface area contributed by atoms with Crippen molar-refractivity contribution in [2.24, 2.45) is 0 Å². The fourth-order valence-corrected chi connectivity index (χ4v) is 2.45. The van der Waals surface area contributed by atoms with E-state index in [1.165, 1.54) is 29.2 Å². The van der Waals surface area contributed by atoms with E-state index in [1.807, 2.05) is 0 Å². The highest BCUT2D eigenvalue weighted by Gasteiger charge is 2.13. The summed E-state index contributed by atoms with van der Waals surface area (Å²) in [5.74, 6) is -1.59. The number of nitrogens with zero attached hydrogens (tertiary/aromatic N) is 1. The second kappa shape index (κ2) is 10.4. The maximum Gasteiger partial charge on any atom is 0.243 e. The average Bonchev–Trinajstić information content (AvgIpc) is 2.63. The van der Waals surface area contributed by atoms with Crippen LogP contribution in [0.4, 0.5) is 15.8 Å². The lowest BCUT2D eigenvalue weighted by Gasteiger charge is -2.16. The van der Waals surface area contributed by atoms with Gasteiger partial charge < -0.3 is 16.0 Å². The van der Waals surface area contributed by atoms with Crippen molar-refractivity contribution < 1.29 is 18.8 Å². The summed E-state index contributed by atoms with van der Waals surface area (Å²) < 4.78 is 12.8. The summed E-state index contributed by atoms with van der Waals surface area (Å²) in [6.45, 7) is -0.337. The Bertz CT molecular complexity index is 845. The van der Waals surface area contributed by atoms with Crippen LogP contribution >= 0.6 is 11.6 Å². The van der Waals surface area contributed by atoms with Crippen molar-refractivity contribution in [3.05, 3.63) is 59.4 Å². The summed E-state index contributed by atoms with van der Waals surface area (Å²) in [5.41, 5.74) is 0.915. The van der Waals surface area contributed by atoms with Crippen molar-refractivity contribution in [3.8, 4) is 0 Å². The van der Waals surface area contributed by atoms with Crippen molar-refractivity contribution in [2.45, 2.75) is 0 Å². The number of hydrogen-bond acceptors (Lipinski definition) is 4. The Kier molecular flexibility index (Phi) is 7.91. The first kappa shape index (κ1) is 21.3. The molecule has 3 amide bonds. The summed E-state index contributed by atoms with van der Waals surface area (Å²) in [6.07, 6.45) is 0. The molecule has 0 aliphatic rings. The van der Waals surface area contributed by atoms with Gasteiger partial charge in [0, 0.05) is 5.69 Å². The molecule has 0 atom stereocenters. The van der Waals surface area contributed by atoms with E-state index >= 15 is 0 Å². The lowest BCUT2D eigenvalue weighted by molar-refractivity contribution is -0.125. The molecule has 0 spiro atoms. The van der Waals surface area contributed by atoms with E-state index in [2.05, 4.69) is 16.0 Å². The summed E-state index contributed by atoms with van der Waals surface area (Å²) in [6, 6.07) is 12.1. The van der Waals surface area contributed by atoms with Crippen LogP contribution in [0.3, 0.4) is 0 Å². The maximum absolute atomic E-state index is 12.8. The first-order valence-corrected chi connectivity index (χ1v) is 8.76. The van der Waals surface area contributed by atoms with Crippen LogP contribution in [0.25, 0.3) is 0 Å². The molecule has 2 aromatic rings. The normalized spacial score (nSPS) is 10.4. The second-order valence-corrected chi connectivity index (χ2v) is 6.44. The van der Waals surface area contributed by atoms with Gasteiger partial charge in [-0.05, 0) is 43.4 Å². The number of carbonyl (C=O) groups excluding carboxylic acids is 3. The molecule has 3 N–H and O–H groups in total. The van der Waals surface area contributed by atoms with E-state index < -0.39 is 17.6 Å². The van der Waals surface area contributed by atoms with Crippen molar-refractivity contribution in [1.82, 2.24) is 10.2 Å². The molecule has 0 heterocycles. The largest absolute Gasteiger partial charge is 0.346 e. The predicted molar refractivity (Wildman–Crippen MR) is 106 cm³/mol. The second-order valence-electron chi connectivity index (χ2n) is 6.03. The molecule has 0 aliphatic carbocycles. The van der Waals surface area contributed by atoms with Gasteiger partial charge in [0.2, 0.25) is 17.7 Å². The Hall–Kier alpha value is -2.97. The quantitative estimate of drug-likeness (QED) is 0.626. The zero-order valence-electron chi connectivity index (χ0n) is 15.2. The van der Waals surface area contributed by atoms with Gasteiger partial charge in [-0.1, -0.05) is 23.7 Å². The van der Waals surface area contributed by atoms with Crippen LogP contribution in [-0.4, -0.2) is 49.3 Å². The van der Waals surface area contributed by atoms with Crippen molar-refractivity contribution in [3.63, 3.8) is 0 Å². The highest BCUT2D eigenvalue weighted by atomic mass is 35.5. The fraction of sp³-hybridized carbons (Fsp3) is 0.211. The SMILES string of the molecule is CN(CC(=O)NCC(=O)Nc1ccc(F)cc1)CC(=O)Nc1ccccc1Cl. The van der Waals surface area contributed by atoms with Gasteiger partial charge in [0.15, 0.2) is 0 Å². The van der Waals surface area contributed by atoms with Gasteiger partial charge >= 0.3 is 0 Å². The van der Waals surface area contributed by atoms with E-state index in [1.54, 1.807) is 31.3 Å². The van der Waals surface area contributed by atoms with Gasteiger partial charge in [-0.15, -0.1) is 0 Å². The molecule has 0 saturated heterocycles. The van der Waals surface area contributed by atoms with Crippen LogP contribution in [0.15, 0.2) is 48.5 Å². The highest BCUT2D eigenvalue weighted by Crippen LogP contribution is 2.20. The topological polar surface area (TPSA) is 90.5 Å². The van der Waals surface area contributed by atoms with Crippen LogP contribution in [-0.2, 0) is 14.4 Å². The minimum Gasteiger partial charge on any atom is -0.346 e. The molecule has 0 radical (unpaired) electrons. The van der Waals surface area contributed by atoms with E-state index in [4.69, 9.17) is 11.6 Å². The number of rotatable bonds is 8. The number of nitrogens with one attached hydrogen (secondary N) is 3. The maximum atomic E-state index is 12.8. The van der Waals surface area contributed by atoms with Gasteiger partial charge in [0.1, 0.15) is 5.82 Å². The molecular weight excluding hydrogens is 387 g/mol. The number of benzene rings is 2. The molecule has 9 heteroatoms. The van der Waals surface area contributed by atoms with E-state index in [-0.39, 0.29) is 25.5 Å². The molecule has 0 fully saturated rings. The molecule has 0 saturated carbocycles. The Morgan fingerprint density at radius 1 is 0.929 bits per heavy atom. The van der Waals surface area contributed by atoms with Gasteiger partial charge in [-0.3, -0.25) is 19.3 Å². The molecule has 0 unspecified atom stereocenters. The number of halogens is 2. The summed E-state index contributed by atoms with van der Waals surface area (Å²) in [4.78, 5) is 37.2. The van der Waals surface area contributed by atoms with Crippen LogP contribution in [0.1, 0.15) is 0 Å². The fourth-order valence-electron chi connectivity index (χ4n) is 2.27. The number of hydrogen-bond donors (Lipinski definition) is 3. The molecule has 28 heavy (non-hydrogen) atoms. The lowest BCUT2D eigenvalue weighted by Crippen LogP contribution is -2.41. The number of anilines is 2.